The van der Waals surface area contributed by atoms with Gasteiger partial charge >= 0.3 is 0 Å². The van der Waals surface area contributed by atoms with E-state index in [1.807, 2.05) is 0 Å². The molecule has 0 bridgehead atoms. The molecular formula is C16H31N3. The minimum atomic E-state index is 0.394. The average Bonchev–Trinajstić information content (AvgIpc) is 2.94. The van der Waals surface area contributed by atoms with Gasteiger partial charge in [-0.05, 0) is 51.6 Å². The van der Waals surface area contributed by atoms with Crippen molar-refractivity contribution in [2.24, 2.45) is 0 Å². The summed E-state index contributed by atoms with van der Waals surface area (Å²) >= 11 is 0. The minimum absolute atomic E-state index is 0.394. The largest absolute Gasteiger partial charge is 0.309 e. The number of piperazine rings is 1. The summed E-state index contributed by atoms with van der Waals surface area (Å²) in [7, 11) is 0. The lowest BCUT2D eigenvalue weighted by Crippen LogP contribution is -2.63. The summed E-state index contributed by atoms with van der Waals surface area (Å²) in [5, 5.41) is 3.80. The van der Waals surface area contributed by atoms with E-state index < -0.39 is 0 Å². The Labute approximate surface area is 118 Å². The van der Waals surface area contributed by atoms with E-state index in [0.29, 0.717) is 5.54 Å². The molecule has 2 unspecified atom stereocenters. The molecule has 0 aromatic rings. The van der Waals surface area contributed by atoms with Crippen molar-refractivity contribution in [3.63, 3.8) is 0 Å². The second-order valence-corrected chi connectivity index (χ2v) is 6.89. The first kappa shape index (κ1) is 13.8. The van der Waals surface area contributed by atoms with Crippen LogP contribution in [0.4, 0.5) is 0 Å². The van der Waals surface area contributed by atoms with Gasteiger partial charge in [0.2, 0.25) is 0 Å². The zero-order valence-corrected chi connectivity index (χ0v) is 12.8. The molecule has 3 rings (SSSR count). The zero-order valence-electron chi connectivity index (χ0n) is 12.8. The summed E-state index contributed by atoms with van der Waals surface area (Å²) < 4.78 is 0. The molecular weight excluding hydrogens is 234 g/mol. The first-order valence-corrected chi connectivity index (χ1v) is 8.49. The highest BCUT2D eigenvalue weighted by Crippen LogP contribution is 2.31. The molecule has 0 aromatic heterocycles. The third-order valence-electron chi connectivity index (χ3n) is 6.07. The van der Waals surface area contributed by atoms with Crippen LogP contribution in [0, 0.1) is 0 Å². The smallest absolute Gasteiger partial charge is 0.0304 e. The molecule has 3 heterocycles. The van der Waals surface area contributed by atoms with Crippen molar-refractivity contribution in [3.05, 3.63) is 0 Å². The monoisotopic (exact) mass is 265 g/mol. The van der Waals surface area contributed by atoms with Gasteiger partial charge in [-0.2, -0.15) is 0 Å². The molecule has 110 valence electrons. The van der Waals surface area contributed by atoms with Crippen molar-refractivity contribution in [1.82, 2.24) is 15.1 Å². The van der Waals surface area contributed by atoms with Crippen LogP contribution in [0.3, 0.4) is 0 Å². The minimum Gasteiger partial charge on any atom is -0.309 e. The fourth-order valence-corrected chi connectivity index (χ4v) is 4.56. The van der Waals surface area contributed by atoms with Crippen LogP contribution in [0.15, 0.2) is 0 Å². The zero-order chi connectivity index (χ0) is 13.3. The van der Waals surface area contributed by atoms with Crippen LogP contribution < -0.4 is 5.32 Å². The Hall–Kier alpha value is -0.120. The summed E-state index contributed by atoms with van der Waals surface area (Å²) in [6.07, 6.45) is 8.26. The SMILES string of the molecule is CCC1(CC)CN(C2CCN3CCCC3C2)CCN1. The highest BCUT2D eigenvalue weighted by molar-refractivity contribution is 4.97. The van der Waals surface area contributed by atoms with Gasteiger partial charge in [0.15, 0.2) is 0 Å². The summed E-state index contributed by atoms with van der Waals surface area (Å²) in [4.78, 5) is 5.56. The molecule has 2 atom stereocenters. The molecule has 0 aliphatic carbocycles. The van der Waals surface area contributed by atoms with E-state index in [9.17, 15) is 0 Å². The lowest BCUT2D eigenvalue weighted by molar-refractivity contribution is 0.0393. The number of fused-ring (bicyclic) bond motifs is 1. The summed E-state index contributed by atoms with van der Waals surface area (Å²) in [6, 6.07) is 1.77. The van der Waals surface area contributed by atoms with Crippen LogP contribution in [0.1, 0.15) is 52.4 Å². The maximum Gasteiger partial charge on any atom is 0.0304 e. The fourth-order valence-electron chi connectivity index (χ4n) is 4.56. The normalized spacial score (nSPS) is 36.3. The van der Waals surface area contributed by atoms with Gasteiger partial charge in [-0.3, -0.25) is 4.90 Å². The molecule has 1 N–H and O–H groups in total. The number of nitrogens with zero attached hydrogens (tertiary/aromatic N) is 2. The molecule has 3 aliphatic rings. The van der Waals surface area contributed by atoms with Gasteiger partial charge < -0.3 is 10.2 Å². The lowest BCUT2D eigenvalue weighted by atomic mass is 9.87. The Morgan fingerprint density at radius 2 is 1.79 bits per heavy atom. The van der Waals surface area contributed by atoms with E-state index in [0.717, 1.165) is 12.1 Å². The van der Waals surface area contributed by atoms with Gasteiger partial charge in [0, 0.05) is 37.3 Å². The maximum atomic E-state index is 3.80. The predicted molar refractivity (Wildman–Crippen MR) is 80.5 cm³/mol. The highest BCUT2D eigenvalue weighted by atomic mass is 15.3. The topological polar surface area (TPSA) is 18.5 Å². The van der Waals surface area contributed by atoms with E-state index in [2.05, 4.69) is 29.0 Å². The molecule has 3 heteroatoms. The average molecular weight is 265 g/mol. The molecule has 3 aliphatic heterocycles. The van der Waals surface area contributed by atoms with Gasteiger partial charge in [0.1, 0.15) is 0 Å². The van der Waals surface area contributed by atoms with Gasteiger partial charge in [-0.25, -0.2) is 0 Å². The van der Waals surface area contributed by atoms with Crippen LogP contribution in [0.25, 0.3) is 0 Å². The number of piperidine rings is 1. The quantitative estimate of drug-likeness (QED) is 0.843. The van der Waals surface area contributed by atoms with Crippen molar-refractivity contribution in [2.75, 3.05) is 32.7 Å². The molecule has 0 saturated carbocycles. The van der Waals surface area contributed by atoms with Gasteiger partial charge in [0.25, 0.3) is 0 Å². The highest BCUT2D eigenvalue weighted by Gasteiger charge is 2.38. The van der Waals surface area contributed by atoms with Gasteiger partial charge in [-0.15, -0.1) is 0 Å². The molecule has 0 spiro atoms. The van der Waals surface area contributed by atoms with Gasteiger partial charge in [0.05, 0.1) is 0 Å². The second kappa shape index (κ2) is 5.71. The summed E-state index contributed by atoms with van der Waals surface area (Å²) in [5.41, 5.74) is 0.394. The summed E-state index contributed by atoms with van der Waals surface area (Å²) in [6.45, 7) is 11.1. The van der Waals surface area contributed by atoms with Crippen molar-refractivity contribution >= 4 is 0 Å². The fraction of sp³-hybridized carbons (Fsp3) is 1.00. The Balaban J connectivity index is 1.62. The Bertz CT molecular complexity index is 300. The van der Waals surface area contributed by atoms with Crippen molar-refractivity contribution in [3.8, 4) is 0 Å². The summed E-state index contributed by atoms with van der Waals surface area (Å²) in [5.74, 6) is 0. The van der Waals surface area contributed by atoms with E-state index >= 15 is 0 Å². The predicted octanol–water partition coefficient (Wildman–Crippen LogP) is 2.08. The van der Waals surface area contributed by atoms with Crippen LogP contribution in [-0.2, 0) is 0 Å². The number of hydrogen-bond donors (Lipinski definition) is 1. The van der Waals surface area contributed by atoms with E-state index in [-0.39, 0.29) is 0 Å². The molecule has 3 nitrogen and oxygen atoms in total. The standard InChI is InChI=1S/C16H31N3/c1-3-16(4-2)13-19(11-8-17-16)15-7-10-18-9-5-6-14(18)12-15/h14-15,17H,3-13H2,1-2H3. The van der Waals surface area contributed by atoms with Crippen LogP contribution in [-0.4, -0.2) is 60.1 Å². The van der Waals surface area contributed by atoms with E-state index in [1.54, 1.807) is 0 Å². The maximum absolute atomic E-state index is 3.80. The first-order chi connectivity index (χ1) is 9.26. The second-order valence-electron chi connectivity index (χ2n) is 6.89. The molecule has 3 saturated heterocycles. The molecule has 0 aromatic carbocycles. The number of rotatable bonds is 3. The Morgan fingerprint density at radius 1 is 1.00 bits per heavy atom. The molecule has 19 heavy (non-hydrogen) atoms. The van der Waals surface area contributed by atoms with Crippen LogP contribution in [0.2, 0.25) is 0 Å². The molecule has 0 amide bonds. The Morgan fingerprint density at radius 3 is 2.58 bits per heavy atom. The Kier molecular flexibility index (Phi) is 4.16. The van der Waals surface area contributed by atoms with Crippen molar-refractivity contribution < 1.29 is 0 Å². The van der Waals surface area contributed by atoms with E-state index in [4.69, 9.17) is 0 Å². The molecule has 0 radical (unpaired) electrons. The van der Waals surface area contributed by atoms with E-state index in [1.165, 1.54) is 71.2 Å². The van der Waals surface area contributed by atoms with Gasteiger partial charge in [-0.1, -0.05) is 13.8 Å². The lowest BCUT2D eigenvalue weighted by Gasteiger charge is -2.48. The van der Waals surface area contributed by atoms with Crippen molar-refractivity contribution in [2.45, 2.75) is 70.0 Å². The van der Waals surface area contributed by atoms with Crippen LogP contribution >= 0.6 is 0 Å². The third-order valence-corrected chi connectivity index (χ3v) is 6.07. The third kappa shape index (κ3) is 2.70. The molecule has 3 fully saturated rings. The van der Waals surface area contributed by atoms with Crippen LogP contribution in [0.5, 0.6) is 0 Å². The first-order valence-electron chi connectivity index (χ1n) is 8.49. The number of nitrogens with one attached hydrogen (secondary N) is 1. The van der Waals surface area contributed by atoms with Crippen molar-refractivity contribution in [1.29, 1.82) is 0 Å². The number of hydrogen-bond acceptors (Lipinski definition) is 3.